The minimum Gasteiger partial charge on any atom is -0.311 e. The zero-order valence-corrected chi connectivity index (χ0v) is 12.8. The number of halogens is 2. The molecule has 0 bridgehead atoms. The Labute approximate surface area is 122 Å². The van der Waals surface area contributed by atoms with Crippen LogP contribution >= 0.6 is 23.2 Å². The lowest BCUT2D eigenvalue weighted by atomic mass is 10.1. The van der Waals surface area contributed by atoms with Gasteiger partial charge in [0.25, 0.3) is 0 Å². The van der Waals surface area contributed by atoms with Crippen LogP contribution in [0.3, 0.4) is 0 Å². The monoisotopic (exact) mass is 297 g/mol. The van der Waals surface area contributed by atoms with Gasteiger partial charge in [0.2, 0.25) is 0 Å². The number of imidazole rings is 1. The van der Waals surface area contributed by atoms with Crippen LogP contribution in [0.1, 0.15) is 38.4 Å². The van der Waals surface area contributed by atoms with E-state index in [1.807, 2.05) is 13.0 Å². The van der Waals surface area contributed by atoms with Crippen molar-refractivity contribution >= 4 is 34.4 Å². The third-order valence-electron chi connectivity index (χ3n) is 4.06. The second-order valence-corrected chi connectivity index (χ2v) is 7.17. The van der Waals surface area contributed by atoms with Crippen LogP contribution in [0.5, 0.6) is 0 Å². The van der Waals surface area contributed by atoms with E-state index in [2.05, 4.69) is 28.4 Å². The Morgan fingerprint density at radius 2 is 2.21 bits per heavy atom. The summed E-state index contributed by atoms with van der Waals surface area (Å²) < 4.78 is 2.16. The SMILES string of the molecule is CC(Cl)c1nc2cc(Cl)cnc2n1CC1CC1(C)C. The molecule has 0 saturated heterocycles. The fourth-order valence-corrected chi connectivity index (χ4v) is 2.91. The van der Waals surface area contributed by atoms with Gasteiger partial charge < -0.3 is 4.57 Å². The van der Waals surface area contributed by atoms with Crippen molar-refractivity contribution in [3.63, 3.8) is 0 Å². The molecule has 2 aromatic heterocycles. The quantitative estimate of drug-likeness (QED) is 0.785. The summed E-state index contributed by atoms with van der Waals surface area (Å²) in [5.74, 6) is 1.56. The molecule has 1 fully saturated rings. The van der Waals surface area contributed by atoms with Crippen molar-refractivity contribution in [1.29, 1.82) is 0 Å². The minimum atomic E-state index is -0.130. The van der Waals surface area contributed by atoms with E-state index in [4.69, 9.17) is 23.2 Å². The molecule has 3 rings (SSSR count). The first-order chi connectivity index (χ1) is 8.88. The summed E-state index contributed by atoms with van der Waals surface area (Å²) in [6.07, 6.45) is 2.92. The second kappa shape index (κ2) is 4.35. The Hall–Kier alpha value is -0.800. The van der Waals surface area contributed by atoms with Crippen molar-refractivity contribution < 1.29 is 0 Å². The highest BCUT2D eigenvalue weighted by Gasteiger charge is 2.46. The van der Waals surface area contributed by atoms with Crippen LogP contribution in [-0.4, -0.2) is 14.5 Å². The highest BCUT2D eigenvalue weighted by molar-refractivity contribution is 6.31. The molecule has 19 heavy (non-hydrogen) atoms. The largest absolute Gasteiger partial charge is 0.311 e. The highest BCUT2D eigenvalue weighted by atomic mass is 35.5. The van der Waals surface area contributed by atoms with Crippen molar-refractivity contribution in [2.24, 2.45) is 11.3 Å². The summed E-state index contributed by atoms with van der Waals surface area (Å²) >= 11 is 12.2. The molecule has 3 nitrogen and oxygen atoms in total. The molecule has 1 saturated carbocycles. The molecular formula is C14H17Cl2N3. The topological polar surface area (TPSA) is 30.7 Å². The second-order valence-electron chi connectivity index (χ2n) is 6.08. The van der Waals surface area contributed by atoms with E-state index in [0.717, 1.165) is 23.5 Å². The highest BCUT2D eigenvalue weighted by Crippen LogP contribution is 2.52. The Bertz CT molecular complexity index is 631. The fourth-order valence-electron chi connectivity index (χ4n) is 2.60. The summed E-state index contributed by atoms with van der Waals surface area (Å²) in [4.78, 5) is 9.01. The van der Waals surface area contributed by atoms with Gasteiger partial charge in [-0.15, -0.1) is 11.6 Å². The van der Waals surface area contributed by atoms with Gasteiger partial charge in [0.05, 0.1) is 10.4 Å². The normalized spacial score (nSPS) is 22.7. The molecule has 2 heterocycles. The lowest BCUT2D eigenvalue weighted by Gasteiger charge is -2.11. The minimum absolute atomic E-state index is 0.130. The molecule has 0 aromatic carbocycles. The molecular weight excluding hydrogens is 281 g/mol. The molecule has 5 heteroatoms. The molecule has 1 aliphatic carbocycles. The maximum absolute atomic E-state index is 6.25. The number of hydrogen-bond acceptors (Lipinski definition) is 2. The molecule has 102 valence electrons. The summed E-state index contributed by atoms with van der Waals surface area (Å²) in [5.41, 5.74) is 2.14. The Balaban J connectivity index is 2.07. The Morgan fingerprint density at radius 1 is 1.53 bits per heavy atom. The first-order valence-electron chi connectivity index (χ1n) is 6.54. The van der Waals surface area contributed by atoms with Gasteiger partial charge in [-0.3, -0.25) is 0 Å². The Morgan fingerprint density at radius 3 is 2.79 bits per heavy atom. The smallest absolute Gasteiger partial charge is 0.160 e. The summed E-state index contributed by atoms with van der Waals surface area (Å²) in [5, 5.41) is 0.479. The van der Waals surface area contributed by atoms with Gasteiger partial charge in [0.1, 0.15) is 11.3 Å². The lowest BCUT2D eigenvalue weighted by Crippen LogP contribution is -2.09. The number of rotatable bonds is 3. The zero-order chi connectivity index (χ0) is 13.8. The third kappa shape index (κ3) is 2.34. The third-order valence-corrected chi connectivity index (χ3v) is 4.46. The van der Waals surface area contributed by atoms with Gasteiger partial charge in [-0.05, 0) is 30.7 Å². The summed E-state index contributed by atoms with van der Waals surface area (Å²) in [7, 11) is 0. The zero-order valence-electron chi connectivity index (χ0n) is 11.3. The van der Waals surface area contributed by atoms with E-state index >= 15 is 0 Å². The van der Waals surface area contributed by atoms with Gasteiger partial charge in [0, 0.05) is 12.7 Å². The first-order valence-corrected chi connectivity index (χ1v) is 7.35. The molecule has 2 aromatic rings. The van der Waals surface area contributed by atoms with Crippen molar-refractivity contribution in [1.82, 2.24) is 14.5 Å². The van der Waals surface area contributed by atoms with Gasteiger partial charge >= 0.3 is 0 Å². The van der Waals surface area contributed by atoms with Crippen LogP contribution in [0.15, 0.2) is 12.3 Å². The van der Waals surface area contributed by atoms with E-state index in [9.17, 15) is 0 Å². The van der Waals surface area contributed by atoms with E-state index in [1.165, 1.54) is 6.42 Å². The standard InChI is InChI=1S/C14H17Cl2N3/c1-8(15)12-18-11-4-10(16)6-17-13(11)19(12)7-9-5-14(9,2)3/h4,6,8-9H,5,7H2,1-3H3. The maximum Gasteiger partial charge on any atom is 0.160 e. The molecule has 2 atom stereocenters. The van der Waals surface area contributed by atoms with Gasteiger partial charge in [-0.1, -0.05) is 25.4 Å². The van der Waals surface area contributed by atoms with Crippen LogP contribution in [0, 0.1) is 11.3 Å². The number of hydrogen-bond donors (Lipinski definition) is 0. The number of aromatic nitrogens is 3. The maximum atomic E-state index is 6.25. The predicted molar refractivity (Wildman–Crippen MR) is 78.7 cm³/mol. The van der Waals surface area contributed by atoms with Gasteiger partial charge in [-0.2, -0.15) is 0 Å². The number of nitrogens with zero attached hydrogens (tertiary/aromatic N) is 3. The van der Waals surface area contributed by atoms with E-state index in [0.29, 0.717) is 16.4 Å². The van der Waals surface area contributed by atoms with E-state index in [1.54, 1.807) is 6.20 Å². The Kier molecular flexibility index (Phi) is 3.02. The van der Waals surface area contributed by atoms with Crippen LogP contribution in [0.25, 0.3) is 11.2 Å². The van der Waals surface area contributed by atoms with Crippen LogP contribution < -0.4 is 0 Å². The van der Waals surface area contributed by atoms with Crippen molar-refractivity contribution in [2.75, 3.05) is 0 Å². The molecule has 1 aliphatic rings. The average Bonchev–Trinajstić information content (AvgIpc) is 2.77. The van der Waals surface area contributed by atoms with Gasteiger partial charge in [-0.25, -0.2) is 9.97 Å². The van der Waals surface area contributed by atoms with Crippen molar-refractivity contribution in [3.05, 3.63) is 23.1 Å². The van der Waals surface area contributed by atoms with Crippen molar-refractivity contribution in [3.8, 4) is 0 Å². The van der Waals surface area contributed by atoms with Crippen molar-refractivity contribution in [2.45, 2.75) is 39.1 Å². The molecule has 0 spiro atoms. The lowest BCUT2D eigenvalue weighted by molar-refractivity contribution is 0.494. The van der Waals surface area contributed by atoms with Crippen LogP contribution in [0.4, 0.5) is 0 Å². The molecule has 0 N–H and O–H groups in total. The molecule has 0 amide bonds. The van der Waals surface area contributed by atoms with Crippen LogP contribution in [-0.2, 0) is 6.54 Å². The predicted octanol–water partition coefficient (Wildman–Crippen LogP) is 4.43. The molecule has 0 aliphatic heterocycles. The molecule has 0 radical (unpaired) electrons. The van der Waals surface area contributed by atoms with Crippen LogP contribution in [0.2, 0.25) is 5.02 Å². The summed E-state index contributed by atoms with van der Waals surface area (Å²) in [6.45, 7) is 7.47. The molecule has 2 unspecified atom stereocenters. The fraction of sp³-hybridized carbons (Fsp3) is 0.571. The number of fused-ring (bicyclic) bond motifs is 1. The van der Waals surface area contributed by atoms with E-state index in [-0.39, 0.29) is 5.38 Å². The van der Waals surface area contributed by atoms with Gasteiger partial charge in [0.15, 0.2) is 5.65 Å². The van der Waals surface area contributed by atoms with E-state index < -0.39 is 0 Å². The number of alkyl halides is 1. The average molecular weight is 298 g/mol. The number of pyridine rings is 1. The first kappa shape index (κ1) is 13.2. The summed E-state index contributed by atoms with van der Waals surface area (Å²) in [6, 6.07) is 1.85.